The summed E-state index contributed by atoms with van der Waals surface area (Å²) in [5.74, 6) is -0.0615. The predicted molar refractivity (Wildman–Crippen MR) is 119 cm³/mol. The van der Waals surface area contributed by atoms with E-state index < -0.39 is 5.91 Å². The van der Waals surface area contributed by atoms with Crippen molar-refractivity contribution in [1.29, 1.82) is 0 Å². The number of fused-ring (bicyclic) bond motifs is 1. The number of nitrogens with one attached hydrogen (secondary N) is 1. The largest absolute Gasteiger partial charge is 0.348 e. The van der Waals surface area contributed by atoms with Crippen LogP contribution in [0.15, 0.2) is 76.9 Å². The Labute approximate surface area is 186 Å². The minimum atomic E-state index is -0.493. The molecular weight excluding hydrogens is 429 g/mol. The topological polar surface area (TPSA) is 81.8 Å². The number of hydrogen-bond donors (Lipinski definition) is 1. The van der Waals surface area contributed by atoms with Crippen LogP contribution in [0.5, 0.6) is 0 Å². The number of carbonyl (C=O) groups excluding carboxylic acids is 1. The Morgan fingerprint density at radius 2 is 1.91 bits per heavy atom. The minimum Gasteiger partial charge on any atom is -0.348 e. The van der Waals surface area contributed by atoms with Gasteiger partial charge >= 0.3 is 0 Å². The van der Waals surface area contributed by atoms with Crippen LogP contribution in [-0.2, 0) is 13.1 Å². The van der Waals surface area contributed by atoms with E-state index in [1.807, 2.05) is 36.5 Å². The molecule has 9 heteroatoms. The molecule has 1 amide bonds. The van der Waals surface area contributed by atoms with Gasteiger partial charge in [0.2, 0.25) is 0 Å². The van der Waals surface area contributed by atoms with Gasteiger partial charge in [-0.25, -0.2) is 14.1 Å². The average molecular weight is 447 g/mol. The molecule has 32 heavy (non-hydrogen) atoms. The first-order chi connectivity index (χ1) is 15.6. The zero-order valence-electron chi connectivity index (χ0n) is 16.9. The standard InChI is InChI=1S/C23H18FN5O2S/c24-17-8-6-15(7-9-17)20-16(14-29(27-20)18-4-2-1-3-5-18)12-25-21(30)19-13-26-23-28(22(19)31)10-11-32-23/h1-9,13-14H,10-12H2,(H,25,30). The Balaban J connectivity index is 1.45. The third-order valence-corrected chi connectivity index (χ3v) is 6.14. The maximum Gasteiger partial charge on any atom is 0.267 e. The summed E-state index contributed by atoms with van der Waals surface area (Å²) in [6.07, 6.45) is 3.15. The molecule has 1 aliphatic heterocycles. The van der Waals surface area contributed by atoms with E-state index in [0.717, 1.165) is 22.6 Å². The highest BCUT2D eigenvalue weighted by molar-refractivity contribution is 7.99. The van der Waals surface area contributed by atoms with E-state index in [2.05, 4.69) is 15.4 Å². The van der Waals surface area contributed by atoms with Crippen molar-refractivity contribution in [1.82, 2.24) is 24.6 Å². The quantitative estimate of drug-likeness (QED) is 0.475. The van der Waals surface area contributed by atoms with Gasteiger partial charge in [0.15, 0.2) is 5.16 Å². The first kappa shape index (κ1) is 20.2. The molecule has 2 aromatic heterocycles. The summed E-state index contributed by atoms with van der Waals surface area (Å²) in [5, 5.41) is 8.10. The van der Waals surface area contributed by atoms with Crippen molar-refractivity contribution in [3.05, 3.63) is 94.3 Å². The Bertz CT molecular complexity index is 1350. The van der Waals surface area contributed by atoms with Crippen LogP contribution in [0.1, 0.15) is 15.9 Å². The summed E-state index contributed by atoms with van der Waals surface area (Å²) in [7, 11) is 0. The van der Waals surface area contributed by atoms with Crippen LogP contribution in [0.4, 0.5) is 4.39 Å². The zero-order valence-corrected chi connectivity index (χ0v) is 17.7. The number of rotatable bonds is 5. The molecule has 0 saturated carbocycles. The van der Waals surface area contributed by atoms with Crippen molar-refractivity contribution >= 4 is 17.7 Å². The van der Waals surface area contributed by atoms with Gasteiger partial charge < -0.3 is 5.32 Å². The Morgan fingerprint density at radius 3 is 2.69 bits per heavy atom. The summed E-state index contributed by atoms with van der Waals surface area (Å²) in [5.41, 5.74) is 2.60. The minimum absolute atomic E-state index is 0.00929. The third kappa shape index (κ3) is 3.82. The number of thioether (sulfide) groups is 1. The number of nitrogens with zero attached hydrogens (tertiary/aromatic N) is 4. The summed E-state index contributed by atoms with van der Waals surface area (Å²) < 4.78 is 16.7. The molecule has 0 unspecified atom stereocenters. The van der Waals surface area contributed by atoms with Crippen LogP contribution in [0.2, 0.25) is 0 Å². The van der Waals surface area contributed by atoms with Crippen LogP contribution < -0.4 is 10.9 Å². The molecule has 0 bridgehead atoms. The van der Waals surface area contributed by atoms with Crippen LogP contribution in [0.3, 0.4) is 0 Å². The number of halogens is 1. The number of para-hydroxylation sites is 1. The number of carbonyl (C=O) groups is 1. The molecule has 4 aromatic rings. The summed E-state index contributed by atoms with van der Waals surface area (Å²) in [4.78, 5) is 29.6. The normalized spacial score (nSPS) is 12.5. The van der Waals surface area contributed by atoms with Crippen molar-refractivity contribution in [2.45, 2.75) is 18.2 Å². The van der Waals surface area contributed by atoms with E-state index >= 15 is 0 Å². The fourth-order valence-corrected chi connectivity index (χ4v) is 4.46. The molecule has 2 aromatic carbocycles. The molecule has 7 nitrogen and oxygen atoms in total. The lowest BCUT2D eigenvalue weighted by atomic mass is 10.1. The first-order valence-corrected chi connectivity index (χ1v) is 11.0. The number of benzene rings is 2. The average Bonchev–Trinajstić information content (AvgIpc) is 3.47. The predicted octanol–water partition coefficient (Wildman–Crippen LogP) is 3.27. The maximum absolute atomic E-state index is 13.4. The van der Waals surface area contributed by atoms with Gasteiger partial charge in [-0.2, -0.15) is 5.10 Å². The van der Waals surface area contributed by atoms with Gasteiger partial charge in [-0.05, 0) is 36.4 Å². The number of hydrogen-bond acceptors (Lipinski definition) is 5. The molecule has 3 heterocycles. The van der Waals surface area contributed by atoms with Gasteiger partial charge in [-0.1, -0.05) is 30.0 Å². The molecule has 160 valence electrons. The molecule has 0 fully saturated rings. The van der Waals surface area contributed by atoms with E-state index in [1.54, 1.807) is 16.8 Å². The van der Waals surface area contributed by atoms with Crippen molar-refractivity contribution in [3.8, 4) is 16.9 Å². The molecule has 1 aliphatic rings. The SMILES string of the molecule is O=C(NCc1cn(-c2ccccc2)nc1-c1ccc(F)cc1)c1cnc2n(c1=O)CCS2. The Morgan fingerprint density at radius 1 is 1.12 bits per heavy atom. The van der Waals surface area contributed by atoms with Gasteiger partial charge in [-0.15, -0.1) is 0 Å². The van der Waals surface area contributed by atoms with Crippen molar-refractivity contribution in [2.24, 2.45) is 0 Å². The van der Waals surface area contributed by atoms with Crippen molar-refractivity contribution in [3.63, 3.8) is 0 Å². The zero-order chi connectivity index (χ0) is 22.1. The van der Waals surface area contributed by atoms with Gasteiger partial charge in [-0.3, -0.25) is 14.2 Å². The van der Waals surface area contributed by atoms with Gasteiger partial charge in [0.05, 0.1) is 11.4 Å². The number of amides is 1. The van der Waals surface area contributed by atoms with Crippen LogP contribution >= 0.6 is 11.8 Å². The van der Waals surface area contributed by atoms with E-state index in [4.69, 9.17) is 0 Å². The highest BCUT2D eigenvalue weighted by Gasteiger charge is 2.21. The molecule has 1 N–H and O–H groups in total. The second-order valence-electron chi connectivity index (χ2n) is 7.23. The molecule has 5 rings (SSSR count). The van der Waals surface area contributed by atoms with E-state index in [9.17, 15) is 14.0 Å². The maximum atomic E-state index is 13.4. The first-order valence-electron chi connectivity index (χ1n) is 10.0. The molecule has 0 aliphatic carbocycles. The lowest BCUT2D eigenvalue weighted by Gasteiger charge is -2.07. The van der Waals surface area contributed by atoms with E-state index in [1.165, 1.54) is 34.7 Å². The lowest BCUT2D eigenvalue weighted by molar-refractivity contribution is 0.0948. The fraction of sp³-hybridized carbons (Fsp3) is 0.130. The van der Waals surface area contributed by atoms with Gasteiger partial charge in [0.1, 0.15) is 11.4 Å². The van der Waals surface area contributed by atoms with E-state index in [0.29, 0.717) is 17.4 Å². The molecular formula is C23H18FN5O2S. The Kier molecular flexibility index (Phi) is 5.32. The van der Waals surface area contributed by atoms with Crippen LogP contribution in [0.25, 0.3) is 16.9 Å². The van der Waals surface area contributed by atoms with Gasteiger partial charge in [0.25, 0.3) is 11.5 Å². The van der Waals surface area contributed by atoms with Crippen LogP contribution in [0, 0.1) is 5.82 Å². The van der Waals surface area contributed by atoms with Crippen molar-refractivity contribution in [2.75, 3.05) is 5.75 Å². The van der Waals surface area contributed by atoms with Crippen LogP contribution in [-0.4, -0.2) is 31.0 Å². The number of aromatic nitrogens is 4. The second-order valence-corrected chi connectivity index (χ2v) is 8.29. The lowest BCUT2D eigenvalue weighted by Crippen LogP contribution is -2.33. The molecule has 0 spiro atoms. The third-order valence-electron chi connectivity index (χ3n) is 5.17. The summed E-state index contributed by atoms with van der Waals surface area (Å²) in [6, 6.07) is 15.6. The van der Waals surface area contributed by atoms with Crippen molar-refractivity contribution < 1.29 is 9.18 Å². The highest BCUT2D eigenvalue weighted by atomic mass is 32.2. The van der Waals surface area contributed by atoms with E-state index in [-0.39, 0.29) is 23.5 Å². The summed E-state index contributed by atoms with van der Waals surface area (Å²) in [6.45, 7) is 0.694. The highest BCUT2D eigenvalue weighted by Crippen LogP contribution is 2.24. The second kappa shape index (κ2) is 8.43. The van der Waals surface area contributed by atoms with Gasteiger partial charge in [0, 0.05) is 42.4 Å². The monoisotopic (exact) mass is 447 g/mol. The Hall–Kier alpha value is -3.72. The molecule has 0 radical (unpaired) electrons. The summed E-state index contributed by atoms with van der Waals surface area (Å²) >= 11 is 1.50. The molecule has 0 atom stereocenters. The fourth-order valence-electron chi connectivity index (χ4n) is 3.55. The molecule has 0 saturated heterocycles. The smallest absolute Gasteiger partial charge is 0.267 e.